The van der Waals surface area contributed by atoms with Crippen molar-refractivity contribution in [1.82, 2.24) is 24.5 Å². The molecule has 2 aromatic carbocycles. The number of hydrogen-bond acceptors (Lipinski definition) is 5. The van der Waals surface area contributed by atoms with Crippen LogP contribution in [0.15, 0.2) is 64.4 Å². The number of fused-ring (bicyclic) bond motifs is 1. The van der Waals surface area contributed by atoms with E-state index in [0.717, 1.165) is 9.86 Å². The van der Waals surface area contributed by atoms with Gasteiger partial charge in [0.25, 0.3) is 5.56 Å². The molecule has 8 nitrogen and oxygen atoms in total. The van der Waals surface area contributed by atoms with E-state index in [0.29, 0.717) is 22.5 Å². The molecule has 140 valence electrons. The van der Waals surface area contributed by atoms with Crippen LogP contribution >= 0.6 is 15.9 Å². The monoisotopic (exact) mass is 438 g/mol. The summed E-state index contributed by atoms with van der Waals surface area (Å²) >= 11 is 3.40. The van der Waals surface area contributed by atoms with Gasteiger partial charge in [-0.2, -0.15) is 10.2 Å². The lowest BCUT2D eigenvalue weighted by Gasteiger charge is -2.12. The van der Waals surface area contributed by atoms with Gasteiger partial charge in [-0.3, -0.25) is 9.59 Å². The summed E-state index contributed by atoms with van der Waals surface area (Å²) in [5.74, 6) is -0.372. The van der Waals surface area contributed by atoms with E-state index in [1.54, 1.807) is 28.9 Å². The quantitative estimate of drug-likeness (QED) is 0.528. The lowest BCUT2D eigenvalue weighted by atomic mass is 10.1. The van der Waals surface area contributed by atoms with Crippen LogP contribution < -0.4 is 10.9 Å². The van der Waals surface area contributed by atoms with Gasteiger partial charge in [0, 0.05) is 9.86 Å². The first-order chi connectivity index (χ1) is 13.5. The Labute approximate surface area is 168 Å². The number of nitrogens with one attached hydrogen (secondary N) is 1. The molecule has 0 bridgehead atoms. The van der Waals surface area contributed by atoms with Crippen LogP contribution in [-0.2, 0) is 11.3 Å². The standard InChI is InChI=1S/C19H15BrN6O2/c1-12-14-4-2-3-5-15(14)19(28)25(24-12)9-18(27)23-16-8-13(20)6-7-17(16)26-11-21-10-22-26/h2-8,10-11H,9H2,1H3,(H,23,27). The molecule has 0 unspecified atom stereocenters. The van der Waals surface area contributed by atoms with Gasteiger partial charge in [0.05, 0.1) is 22.5 Å². The number of hydrogen-bond donors (Lipinski definition) is 1. The number of rotatable bonds is 4. The molecule has 9 heteroatoms. The smallest absolute Gasteiger partial charge is 0.275 e. The second-order valence-electron chi connectivity index (χ2n) is 6.14. The molecule has 1 N–H and O–H groups in total. The van der Waals surface area contributed by atoms with Crippen molar-refractivity contribution >= 4 is 38.3 Å². The van der Waals surface area contributed by atoms with Crippen molar-refractivity contribution in [2.24, 2.45) is 0 Å². The summed E-state index contributed by atoms with van der Waals surface area (Å²) in [6, 6.07) is 12.6. The summed E-state index contributed by atoms with van der Waals surface area (Å²) < 4.78 is 3.52. The third kappa shape index (κ3) is 3.44. The molecule has 2 heterocycles. The molecular formula is C19H15BrN6O2. The number of benzene rings is 2. The van der Waals surface area contributed by atoms with Gasteiger partial charge in [-0.1, -0.05) is 34.1 Å². The van der Waals surface area contributed by atoms with Crippen molar-refractivity contribution in [3.8, 4) is 5.69 Å². The third-order valence-electron chi connectivity index (χ3n) is 4.24. The van der Waals surface area contributed by atoms with Crippen LogP contribution in [-0.4, -0.2) is 30.5 Å². The zero-order valence-corrected chi connectivity index (χ0v) is 16.4. The van der Waals surface area contributed by atoms with Gasteiger partial charge >= 0.3 is 0 Å². The summed E-state index contributed by atoms with van der Waals surface area (Å²) in [4.78, 5) is 29.2. The van der Waals surface area contributed by atoms with Crippen molar-refractivity contribution in [2.45, 2.75) is 13.5 Å². The highest BCUT2D eigenvalue weighted by molar-refractivity contribution is 9.10. The van der Waals surface area contributed by atoms with Crippen molar-refractivity contribution in [3.05, 3.63) is 75.6 Å². The van der Waals surface area contributed by atoms with Gasteiger partial charge in [0.2, 0.25) is 5.91 Å². The molecule has 0 aliphatic carbocycles. The van der Waals surface area contributed by atoms with Crippen LogP contribution in [0.4, 0.5) is 5.69 Å². The molecule has 4 aromatic rings. The molecule has 0 atom stereocenters. The van der Waals surface area contributed by atoms with Gasteiger partial charge in [0.1, 0.15) is 19.2 Å². The van der Waals surface area contributed by atoms with E-state index in [1.807, 2.05) is 25.1 Å². The molecule has 0 spiro atoms. The van der Waals surface area contributed by atoms with E-state index >= 15 is 0 Å². The Hall–Kier alpha value is -3.33. The number of halogens is 1. The van der Waals surface area contributed by atoms with Crippen molar-refractivity contribution in [3.63, 3.8) is 0 Å². The number of nitrogens with zero attached hydrogens (tertiary/aromatic N) is 5. The minimum atomic E-state index is -0.372. The number of carbonyl (C=O) groups excluding carboxylic acids is 1. The lowest BCUT2D eigenvalue weighted by Crippen LogP contribution is -2.30. The number of anilines is 1. The molecule has 0 saturated carbocycles. The van der Waals surface area contributed by atoms with E-state index in [-0.39, 0.29) is 18.0 Å². The Kier molecular flexibility index (Phi) is 4.74. The van der Waals surface area contributed by atoms with Crippen LogP contribution in [0.1, 0.15) is 5.69 Å². The van der Waals surface area contributed by atoms with Crippen LogP contribution in [0.5, 0.6) is 0 Å². The van der Waals surface area contributed by atoms with Gasteiger partial charge < -0.3 is 5.32 Å². The molecule has 1 amide bonds. The zero-order chi connectivity index (χ0) is 19.7. The maximum absolute atomic E-state index is 12.7. The third-order valence-corrected chi connectivity index (χ3v) is 4.74. The fourth-order valence-corrected chi connectivity index (χ4v) is 3.34. The Bertz CT molecular complexity index is 1230. The van der Waals surface area contributed by atoms with Crippen LogP contribution in [0.25, 0.3) is 16.5 Å². The SMILES string of the molecule is Cc1nn(CC(=O)Nc2cc(Br)ccc2-n2cncn2)c(=O)c2ccccc12. The van der Waals surface area contributed by atoms with E-state index in [4.69, 9.17) is 0 Å². The van der Waals surface area contributed by atoms with E-state index < -0.39 is 0 Å². The summed E-state index contributed by atoms with van der Waals surface area (Å²) in [7, 11) is 0. The zero-order valence-electron chi connectivity index (χ0n) is 14.8. The number of aromatic nitrogens is 5. The molecule has 4 rings (SSSR count). The maximum Gasteiger partial charge on any atom is 0.275 e. The molecular weight excluding hydrogens is 424 g/mol. The van der Waals surface area contributed by atoms with Gasteiger partial charge in [0.15, 0.2) is 0 Å². The average Bonchev–Trinajstić information content (AvgIpc) is 3.20. The number of amides is 1. The van der Waals surface area contributed by atoms with Gasteiger partial charge in [-0.25, -0.2) is 14.3 Å². The summed E-state index contributed by atoms with van der Waals surface area (Å²) in [6.45, 7) is 1.61. The molecule has 0 aliphatic heterocycles. The fraction of sp³-hybridized carbons (Fsp3) is 0.105. The summed E-state index contributed by atoms with van der Waals surface area (Å²) in [5, 5.41) is 12.5. The summed E-state index contributed by atoms with van der Waals surface area (Å²) in [6.07, 6.45) is 2.95. The Morgan fingerprint density at radius 1 is 1.18 bits per heavy atom. The minimum absolute atomic E-state index is 0.201. The highest BCUT2D eigenvalue weighted by Crippen LogP contribution is 2.24. The number of carbonyl (C=O) groups is 1. The molecule has 0 radical (unpaired) electrons. The minimum Gasteiger partial charge on any atom is -0.323 e. The Morgan fingerprint density at radius 2 is 1.96 bits per heavy atom. The molecule has 0 fully saturated rings. The van der Waals surface area contributed by atoms with Gasteiger partial charge in [-0.15, -0.1) is 0 Å². The highest BCUT2D eigenvalue weighted by Gasteiger charge is 2.13. The molecule has 0 aliphatic rings. The topological polar surface area (TPSA) is 94.7 Å². The normalized spacial score (nSPS) is 10.9. The maximum atomic E-state index is 12.7. The predicted molar refractivity (Wildman–Crippen MR) is 108 cm³/mol. The largest absolute Gasteiger partial charge is 0.323 e. The fourth-order valence-electron chi connectivity index (χ4n) is 2.98. The van der Waals surface area contributed by atoms with Crippen LogP contribution in [0.3, 0.4) is 0 Å². The van der Waals surface area contributed by atoms with Crippen molar-refractivity contribution in [2.75, 3.05) is 5.32 Å². The first-order valence-electron chi connectivity index (χ1n) is 8.44. The van der Waals surface area contributed by atoms with E-state index in [1.165, 1.54) is 17.3 Å². The second-order valence-corrected chi connectivity index (χ2v) is 7.06. The molecule has 28 heavy (non-hydrogen) atoms. The predicted octanol–water partition coefficient (Wildman–Crippen LogP) is 2.69. The first-order valence-corrected chi connectivity index (χ1v) is 9.23. The lowest BCUT2D eigenvalue weighted by molar-refractivity contribution is -0.117. The Morgan fingerprint density at radius 3 is 2.71 bits per heavy atom. The number of aryl methyl sites for hydroxylation is 1. The highest BCUT2D eigenvalue weighted by atomic mass is 79.9. The van der Waals surface area contributed by atoms with E-state index in [2.05, 4.69) is 36.4 Å². The first kappa shape index (κ1) is 18.1. The molecule has 2 aromatic heterocycles. The molecule has 0 saturated heterocycles. The Balaban J connectivity index is 1.65. The second kappa shape index (κ2) is 7.35. The van der Waals surface area contributed by atoms with Gasteiger partial charge in [-0.05, 0) is 31.2 Å². The van der Waals surface area contributed by atoms with Crippen molar-refractivity contribution in [1.29, 1.82) is 0 Å². The summed E-state index contributed by atoms with van der Waals surface area (Å²) in [5.41, 5.74) is 1.58. The van der Waals surface area contributed by atoms with E-state index in [9.17, 15) is 9.59 Å². The van der Waals surface area contributed by atoms with Crippen LogP contribution in [0.2, 0.25) is 0 Å². The average molecular weight is 439 g/mol. The van der Waals surface area contributed by atoms with Crippen LogP contribution in [0, 0.1) is 6.92 Å². The van der Waals surface area contributed by atoms with Crippen molar-refractivity contribution < 1.29 is 4.79 Å².